The van der Waals surface area contributed by atoms with Crippen molar-refractivity contribution in [3.8, 4) is 6.07 Å². The monoisotopic (exact) mass is 203 g/mol. The van der Waals surface area contributed by atoms with Gasteiger partial charge in [-0.3, -0.25) is 0 Å². The van der Waals surface area contributed by atoms with Crippen molar-refractivity contribution in [3.63, 3.8) is 0 Å². The topological polar surface area (TPSA) is 39.9 Å². The summed E-state index contributed by atoms with van der Waals surface area (Å²) in [6, 6.07) is 5.75. The summed E-state index contributed by atoms with van der Waals surface area (Å²) in [6.45, 7) is 5.32. The Balaban J connectivity index is 2.73. The van der Waals surface area contributed by atoms with Crippen LogP contribution in [0.3, 0.4) is 0 Å². The minimum Gasteiger partial charge on any atom is -0.359 e. The van der Waals surface area contributed by atoms with E-state index in [0.29, 0.717) is 11.5 Å². The van der Waals surface area contributed by atoms with Crippen molar-refractivity contribution in [1.29, 1.82) is 5.26 Å². The van der Waals surface area contributed by atoms with Crippen LogP contribution in [-0.2, 0) is 0 Å². The van der Waals surface area contributed by atoms with Crippen LogP contribution in [-0.4, -0.2) is 18.6 Å². The minimum absolute atomic E-state index is 0.642. The van der Waals surface area contributed by atoms with Gasteiger partial charge in [-0.2, -0.15) is 5.26 Å². The third kappa shape index (κ3) is 3.25. The van der Waals surface area contributed by atoms with Crippen LogP contribution in [0.1, 0.15) is 25.8 Å². The van der Waals surface area contributed by atoms with Crippen molar-refractivity contribution in [2.75, 3.05) is 18.5 Å². The fourth-order valence-corrected chi connectivity index (χ4v) is 1.35. The Bertz CT molecular complexity index is 352. The fraction of sp³-hybridized carbons (Fsp3) is 0.500. The quantitative estimate of drug-likeness (QED) is 0.754. The van der Waals surface area contributed by atoms with E-state index in [0.717, 1.165) is 18.8 Å². The van der Waals surface area contributed by atoms with E-state index in [2.05, 4.69) is 24.9 Å². The third-order valence-electron chi connectivity index (χ3n) is 2.31. The highest BCUT2D eigenvalue weighted by molar-refractivity contribution is 5.52. The van der Waals surface area contributed by atoms with Gasteiger partial charge in [-0.1, -0.05) is 13.8 Å². The van der Waals surface area contributed by atoms with Crippen LogP contribution in [0.2, 0.25) is 0 Å². The van der Waals surface area contributed by atoms with Gasteiger partial charge in [0.15, 0.2) is 0 Å². The summed E-state index contributed by atoms with van der Waals surface area (Å²) >= 11 is 0. The Morgan fingerprint density at radius 3 is 2.87 bits per heavy atom. The van der Waals surface area contributed by atoms with Crippen molar-refractivity contribution in [2.45, 2.75) is 20.3 Å². The molecule has 0 amide bonds. The molecule has 3 nitrogen and oxygen atoms in total. The molecule has 0 radical (unpaired) electrons. The van der Waals surface area contributed by atoms with Gasteiger partial charge in [0.1, 0.15) is 11.9 Å². The number of anilines is 1. The second kappa shape index (κ2) is 5.35. The molecule has 1 rings (SSSR count). The van der Waals surface area contributed by atoms with Crippen molar-refractivity contribution in [2.24, 2.45) is 5.92 Å². The molecule has 0 aliphatic carbocycles. The predicted molar refractivity (Wildman–Crippen MR) is 61.7 cm³/mol. The molecule has 1 heterocycles. The van der Waals surface area contributed by atoms with Crippen LogP contribution in [0.5, 0.6) is 0 Å². The minimum atomic E-state index is 0.642. The van der Waals surface area contributed by atoms with Crippen molar-refractivity contribution < 1.29 is 0 Å². The molecule has 0 aliphatic rings. The van der Waals surface area contributed by atoms with Gasteiger partial charge in [0.2, 0.25) is 0 Å². The summed E-state index contributed by atoms with van der Waals surface area (Å²) in [6.07, 6.45) is 2.83. The molecular formula is C12H17N3. The van der Waals surface area contributed by atoms with Crippen molar-refractivity contribution in [1.82, 2.24) is 4.98 Å². The van der Waals surface area contributed by atoms with Crippen LogP contribution in [0.4, 0.5) is 5.82 Å². The number of nitriles is 1. The summed E-state index contributed by atoms with van der Waals surface area (Å²) in [7, 11) is 1.98. The molecule has 0 atom stereocenters. The second-order valence-corrected chi connectivity index (χ2v) is 4.09. The van der Waals surface area contributed by atoms with E-state index in [-0.39, 0.29) is 0 Å². The van der Waals surface area contributed by atoms with Crippen LogP contribution >= 0.6 is 0 Å². The normalized spacial score (nSPS) is 10.1. The smallest absolute Gasteiger partial charge is 0.146 e. The lowest BCUT2D eigenvalue weighted by molar-refractivity contribution is 0.583. The summed E-state index contributed by atoms with van der Waals surface area (Å²) < 4.78 is 0. The zero-order valence-electron chi connectivity index (χ0n) is 9.57. The summed E-state index contributed by atoms with van der Waals surface area (Å²) in [5.41, 5.74) is 0.642. The highest BCUT2D eigenvalue weighted by Crippen LogP contribution is 2.15. The maximum absolute atomic E-state index is 8.93. The van der Waals surface area contributed by atoms with E-state index < -0.39 is 0 Å². The first-order chi connectivity index (χ1) is 7.15. The molecular weight excluding hydrogens is 186 g/mol. The highest BCUT2D eigenvalue weighted by Gasteiger charge is 2.08. The number of rotatable bonds is 4. The van der Waals surface area contributed by atoms with Gasteiger partial charge in [0.25, 0.3) is 0 Å². The van der Waals surface area contributed by atoms with E-state index in [1.54, 1.807) is 18.3 Å². The molecule has 1 aromatic rings. The Labute approximate surface area is 91.4 Å². The van der Waals surface area contributed by atoms with E-state index in [4.69, 9.17) is 5.26 Å². The number of nitrogens with zero attached hydrogens (tertiary/aromatic N) is 3. The van der Waals surface area contributed by atoms with Crippen LogP contribution < -0.4 is 4.90 Å². The molecule has 0 fully saturated rings. The number of pyridine rings is 1. The SMILES string of the molecule is CC(C)CCN(C)c1ncccc1C#N. The third-order valence-corrected chi connectivity index (χ3v) is 2.31. The van der Waals surface area contributed by atoms with E-state index in [1.807, 2.05) is 11.9 Å². The largest absolute Gasteiger partial charge is 0.359 e. The summed E-state index contributed by atoms with van der Waals surface area (Å²) in [5.74, 6) is 1.45. The maximum Gasteiger partial charge on any atom is 0.146 e. The first-order valence-electron chi connectivity index (χ1n) is 5.21. The second-order valence-electron chi connectivity index (χ2n) is 4.09. The maximum atomic E-state index is 8.93. The van der Waals surface area contributed by atoms with Crippen LogP contribution in [0.15, 0.2) is 18.3 Å². The zero-order valence-corrected chi connectivity index (χ0v) is 9.57. The number of hydrogen-bond donors (Lipinski definition) is 0. The average Bonchev–Trinajstić information content (AvgIpc) is 2.25. The molecule has 1 aromatic heterocycles. The molecule has 0 spiro atoms. The molecule has 3 heteroatoms. The lowest BCUT2D eigenvalue weighted by Crippen LogP contribution is -2.21. The molecule has 0 aromatic carbocycles. The number of aromatic nitrogens is 1. The molecule has 0 aliphatic heterocycles. The van der Waals surface area contributed by atoms with Crippen molar-refractivity contribution >= 4 is 5.82 Å². The summed E-state index contributed by atoms with van der Waals surface area (Å²) in [5, 5.41) is 8.93. The van der Waals surface area contributed by atoms with E-state index in [1.165, 1.54) is 0 Å². The van der Waals surface area contributed by atoms with Crippen molar-refractivity contribution in [3.05, 3.63) is 23.9 Å². The molecule has 0 bridgehead atoms. The van der Waals surface area contributed by atoms with Gasteiger partial charge < -0.3 is 4.90 Å². The molecule has 15 heavy (non-hydrogen) atoms. The van der Waals surface area contributed by atoms with Crippen LogP contribution in [0.25, 0.3) is 0 Å². The predicted octanol–water partition coefficient (Wildman–Crippen LogP) is 2.44. The average molecular weight is 203 g/mol. The van der Waals surface area contributed by atoms with Gasteiger partial charge in [-0.05, 0) is 24.5 Å². The Kier molecular flexibility index (Phi) is 4.11. The van der Waals surface area contributed by atoms with Gasteiger partial charge in [-0.25, -0.2) is 4.98 Å². The van der Waals surface area contributed by atoms with Gasteiger partial charge in [0, 0.05) is 19.8 Å². The lowest BCUT2D eigenvalue weighted by Gasteiger charge is -2.19. The molecule has 0 unspecified atom stereocenters. The molecule has 0 N–H and O–H groups in total. The molecule has 0 saturated carbocycles. The fourth-order valence-electron chi connectivity index (χ4n) is 1.35. The van der Waals surface area contributed by atoms with Gasteiger partial charge in [-0.15, -0.1) is 0 Å². The Morgan fingerprint density at radius 2 is 2.27 bits per heavy atom. The van der Waals surface area contributed by atoms with E-state index in [9.17, 15) is 0 Å². The first-order valence-corrected chi connectivity index (χ1v) is 5.21. The Morgan fingerprint density at radius 1 is 1.53 bits per heavy atom. The highest BCUT2D eigenvalue weighted by atomic mass is 15.2. The Hall–Kier alpha value is -1.56. The summed E-state index contributed by atoms with van der Waals surface area (Å²) in [4.78, 5) is 6.27. The standard InChI is InChI=1S/C12H17N3/c1-10(2)6-8-15(3)12-11(9-13)5-4-7-14-12/h4-5,7,10H,6,8H2,1-3H3. The molecule has 0 saturated heterocycles. The number of hydrogen-bond acceptors (Lipinski definition) is 3. The lowest BCUT2D eigenvalue weighted by atomic mass is 10.1. The van der Waals surface area contributed by atoms with E-state index >= 15 is 0 Å². The van der Waals surface area contributed by atoms with Crippen LogP contribution in [0, 0.1) is 17.2 Å². The van der Waals surface area contributed by atoms with Gasteiger partial charge in [0.05, 0.1) is 5.56 Å². The first kappa shape index (κ1) is 11.5. The van der Waals surface area contributed by atoms with Gasteiger partial charge >= 0.3 is 0 Å². The zero-order chi connectivity index (χ0) is 11.3. The molecule has 80 valence electrons.